The van der Waals surface area contributed by atoms with Crippen molar-refractivity contribution in [3.8, 4) is 0 Å². The lowest BCUT2D eigenvalue weighted by atomic mass is 9.87. The van der Waals surface area contributed by atoms with E-state index in [4.69, 9.17) is 9.57 Å². The smallest absolute Gasteiger partial charge is 0.409 e. The minimum atomic E-state index is -0.151. The van der Waals surface area contributed by atoms with Crippen LogP contribution in [0.1, 0.15) is 65.7 Å². The molecule has 2 aliphatic heterocycles. The Morgan fingerprint density at radius 3 is 2.48 bits per heavy atom. The van der Waals surface area contributed by atoms with Crippen molar-refractivity contribution in [2.75, 3.05) is 39.9 Å². The lowest BCUT2D eigenvalue weighted by Crippen LogP contribution is -2.43. The maximum absolute atomic E-state index is 12.0. The van der Waals surface area contributed by atoms with E-state index in [0.29, 0.717) is 24.5 Å². The molecule has 0 aromatic rings. The lowest BCUT2D eigenvalue weighted by molar-refractivity contribution is 0.105. The van der Waals surface area contributed by atoms with E-state index in [0.717, 1.165) is 45.4 Å². The molecule has 6 nitrogen and oxygen atoms in total. The molecule has 1 atom stereocenters. The van der Waals surface area contributed by atoms with Gasteiger partial charge in [-0.3, -0.25) is 0 Å². The molecule has 2 saturated heterocycles. The number of rotatable bonds is 7. The first-order chi connectivity index (χ1) is 13.0. The summed E-state index contributed by atoms with van der Waals surface area (Å²) in [6.07, 6.45) is 7.69. The second-order valence-corrected chi connectivity index (χ2v) is 8.28. The van der Waals surface area contributed by atoms with Crippen LogP contribution in [0.5, 0.6) is 0 Å². The van der Waals surface area contributed by atoms with E-state index in [1.807, 2.05) is 11.8 Å². The summed E-state index contributed by atoms with van der Waals surface area (Å²) in [4.78, 5) is 21.6. The quantitative estimate of drug-likeness (QED) is 0.491. The van der Waals surface area contributed by atoms with Crippen molar-refractivity contribution in [3.05, 3.63) is 0 Å². The van der Waals surface area contributed by atoms with Crippen molar-refractivity contribution in [1.29, 1.82) is 0 Å². The van der Waals surface area contributed by atoms with E-state index in [1.54, 1.807) is 7.11 Å². The van der Waals surface area contributed by atoms with Gasteiger partial charge in [0.15, 0.2) is 0 Å². The van der Waals surface area contributed by atoms with Crippen LogP contribution < -0.4 is 0 Å². The van der Waals surface area contributed by atoms with Crippen LogP contribution in [0.15, 0.2) is 5.16 Å². The number of ether oxygens (including phenoxy) is 1. The fraction of sp³-hybridized carbons (Fsp3) is 0.905. The topological polar surface area (TPSA) is 54.4 Å². The van der Waals surface area contributed by atoms with Gasteiger partial charge in [-0.2, -0.15) is 0 Å². The summed E-state index contributed by atoms with van der Waals surface area (Å²) < 4.78 is 5.17. The Morgan fingerprint density at radius 1 is 1.11 bits per heavy atom. The predicted octanol–water partition coefficient (Wildman–Crippen LogP) is 4.15. The highest BCUT2D eigenvalue weighted by atomic mass is 16.6. The van der Waals surface area contributed by atoms with Gasteiger partial charge in [0, 0.05) is 25.0 Å². The molecule has 0 bridgehead atoms. The van der Waals surface area contributed by atoms with Crippen LogP contribution >= 0.6 is 0 Å². The fourth-order valence-corrected chi connectivity index (χ4v) is 4.32. The van der Waals surface area contributed by atoms with Gasteiger partial charge in [0.25, 0.3) is 0 Å². The number of likely N-dealkylation sites (tertiary alicyclic amines) is 2. The number of hydrogen-bond donors (Lipinski definition) is 0. The van der Waals surface area contributed by atoms with Gasteiger partial charge < -0.3 is 19.4 Å². The van der Waals surface area contributed by atoms with Gasteiger partial charge in [-0.15, -0.1) is 0 Å². The van der Waals surface area contributed by atoms with Crippen LogP contribution in [0.4, 0.5) is 4.79 Å². The molecule has 2 rings (SSSR count). The molecule has 0 spiro atoms. The van der Waals surface area contributed by atoms with Gasteiger partial charge in [0.05, 0.1) is 12.3 Å². The Bertz CT molecular complexity index is 473. The summed E-state index contributed by atoms with van der Waals surface area (Å²) >= 11 is 0. The van der Waals surface area contributed by atoms with E-state index in [-0.39, 0.29) is 6.09 Å². The maximum atomic E-state index is 12.0. The minimum Gasteiger partial charge on any atom is -0.450 e. The molecule has 2 heterocycles. The molecular formula is C21H39N3O3. The molecule has 0 aromatic heterocycles. The number of nitrogens with zero attached hydrogens (tertiary/aromatic N) is 3. The zero-order chi connectivity index (χ0) is 19.6. The highest BCUT2D eigenvalue weighted by Gasteiger charge is 2.30. The van der Waals surface area contributed by atoms with Crippen molar-refractivity contribution in [2.45, 2.75) is 71.8 Å². The third-order valence-electron chi connectivity index (χ3n) is 5.93. The maximum Gasteiger partial charge on any atom is 0.409 e. The minimum absolute atomic E-state index is 0.151. The molecule has 6 heteroatoms. The van der Waals surface area contributed by atoms with Crippen LogP contribution in [0.3, 0.4) is 0 Å². The predicted molar refractivity (Wildman–Crippen MR) is 109 cm³/mol. The molecule has 0 aromatic carbocycles. The normalized spacial score (nSPS) is 23.4. The van der Waals surface area contributed by atoms with Crippen molar-refractivity contribution in [3.63, 3.8) is 0 Å². The standard InChI is InChI=1S/C21H39N3O3/c1-5-27-21(25)24-13-6-7-19(12-16-24)23-14-10-18(11-15-23)20(22-26-4)9-8-17(2)3/h17-19H,5-16H2,1-4H3/b22-20+. The highest BCUT2D eigenvalue weighted by molar-refractivity contribution is 5.86. The highest BCUT2D eigenvalue weighted by Crippen LogP contribution is 2.27. The average Bonchev–Trinajstić information content (AvgIpc) is 2.92. The summed E-state index contributed by atoms with van der Waals surface area (Å²) in [5, 5.41) is 4.36. The van der Waals surface area contributed by atoms with Gasteiger partial charge in [0.1, 0.15) is 7.11 Å². The van der Waals surface area contributed by atoms with Crippen molar-refractivity contribution >= 4 is 11.8 Å². The van der Waals surface area contributed by atoms with E-state index in [9.17, 15) is 4.79 Å². The van der Waals surface area contributed by atoms with Crippen LogP contribution in [0.2, 0.25) is 0 Å². The van der Waals surface area contributed by atoms with Gasteiger partial charge in [0.2, 0.25) is 0 Å². The largest absolute Gasteiger partial charge is 0.450 e. The van der Waals surface area contributed by atoms with Crippen molar-refractivity contribution < 1.29 is 14.4 Å². The SMILES string of the molecule is CCOC(=O)N1CCCC(N2CCC(/C(CCC(C)C)=N/OC)CC2)CC1. The average molecular weight is 382 g/mol. The molecule has 2 aliphatic rings. The van der Waals surface area contributed by atoms with Gasteiger partial charge >= 0.3 is 6.09 Å². The second-order valence-electron chi connectivity index (χ2n) is 8.28. The Balaban J connectivity index is 1.82. The van der Waals surface area contributed by atoms with Gasteiger partial charge in [-0.05, 0) is 70.9 Å². The number of piperidine rings is 1. The summed E-state index contributed by atoms with van der Waals surface area (Å²) in [7, 11) is 1.66. The van der Waals surface area contributed by atoms with Gasteiger partial charge in [-0.1, -0.05) is 19.0 Å². The molecular weight excluding hydrogens is 342 g/mol. The number of oxime groups is 1. The Labute approximate surface area is 165 Å². The first-order valence-electron chi connectivity index (χ1n) is 10.8. The zero-order valence-electron chi connectivity index (χ0n) is 17.8. The molecule has 0 radical (unpaired) electrons. The van der Waals surface area contributed by atoms with Gasteiger partial charge in [-0.25, -0.2) is 4.79 Å². The van der Waals surface area contributed by atoms with E-state index in [2.05, 4.69) is 23.9 Å². The first kappa shape index (κ1) is 22.0. The van der Waals surface area contributed by atoms with E-state index in [1.165, 1.54) is 31.4 Å². The Hall–Kier alpha value is -1.30. The molecule has 0 saturated carbocycles. The van der Waals surface area contributed by atoms with E-state index >= 15 is 0 Å². The van der Waals surface area contributed by atoms with Crippen molar-refractivity contribution in [1.82, 2.24) is 9.80 Å². The lowest BCUT2D eigenvalue weighted by Gasteiger charge is -2.37. The van der Waals surface area contributed by atoms with Crippen molar-refractivity contribution in [2.24, 2.45) is 17.0 Å². The van der Waals surface area contributed by atoms with Crippen LogP contribution in [0, 0.1) is 11.8 Å². The summed E-state index contributed by atoms with van der Waals surface area (Å²) in [5.41, 5.74) is 1.25. The number of carbonyl (C=O) groups excluding carboxylic acids is 1. The summed E-state index contributed by atoms with van der Waals surface area (Å²) in [5.74, 6) is 1.25. The summed E-state index contributed by atoms with van der Waals surface area (Å²) in [6, 6.07) is 0.587. The van der Waals surface area contributed by atoms with E-state index < -0.39 is 0 Å². The fourth-order valence-electron chi connectivity index (χ4n) is 4.32. The molecule has 27 heavy (non-hydrogen) atoms. The van der Waals surface area contributed by atoms with Crippen LogP contribution in [-0.4, -0.2) is 67.5 Å². The number of carbonyl (C=O) groups is 1. The molecule has 1 amide bonds. The molecule has 1 unspecified atom stereocenters. The molecule has 0 aliphatic carbocycles. The Kier molecular flexibility index (Phi) is 9.39. The number of hydrogen-bond acceptors (Lipinski definition) is 5. The van der Waals surface area contributed by atoms with Crippen LogP contribution in [-0.2, 0) is 9.57 Å². The first-order valence-corrected chi connectivity index (χ1v) is 10.8. The second kappa shape index (κ2) is 11.5. The third-order valence-corrected chi connectivity index (χ3v) is 5.93. The third kappa shape index (κ3) is 6.98. The molecule has 156 valence electrons. The molecule has 0 N–H and O–H groups in total. The zero-order valence-corrected chi connectivity index (χ0v) is 17.8. The Morgan fingerprint density at radius 2 is 1.85 bits per heavy atom. The monoisotopic (exact) mass is 381 g/mol. The molecule has 2 fully saturated rings. The number of amides is 1. The summed E-state index contributed by atoms with van der Waals surface area (Å²) in [6.45, 7) is 10.7. The van der Waals surface area contributed by atoms with Crippen LogP contribution in [0.25, 0.3) is 0 Å².